The number of hydrogen-bond donors (Lipinski definition) is 1. The highest BCUT2D eigenvalue weighted by molar-refractivity contribution is 5.77. The fraction of sp³-hybridized carbons (Fsp3) is 0.400. The minimum absolute atomic E-state index is 0.453. The van der Waals surface area contributed by atoms with Crippen molar-refractivity contribution < 1.29 is 14.3 Å². The Morgan fingerprint density at radius 1 is 1.33 bits per heavy atom. The molecule has 0 aliphatic carbocycles. The largest absolute Gasteiger partial charge is 0.444 e. The van der Waals surface area contributed by atoms with Gasteiger partial charge in [0.2, 0.25) is 0 Å². The van der Waals surface area contributed by atoms with Crippen molar-refractivity contribution in [2.24, 2.45) is 0 Å². The Morgan fingerprint density at radius 2 is 2.05 bits per heavy atom. The number of rotatable bonds is 3. The van der Waals surface area contributed by atoms with E-state index in [9.17, 15) is 9.59 Å². The van der Waals surface area contributed by atoms with Crippen LogP contribution in [0.4, 0.5) is 4.79 Å². The van der Waals surface area contributed by atoms with Crippen molar-refractivity contribution in [3.8, 4) is 0 Å². The normalized spacial score (nSPS) is 14.5. The Morgan fingerprint density at radius 3 is 2.62 bits per heavy atom. The van der Waals surface area contributed by atoms with Crippen LogP contribution in [0.5, 0.6) is 0 Å². The highest BCUT2D eigenvalue weighted by Gasteiger charge is 2.33. The van der Waals surface area contributed by atoms with Gasteiger partial charge in [0.1, 0.15) is 16.8 Å². The highest BCUT2D eigenvalue weighted by Crippen LogP contribution is 2.19. The zero-order valence-electron chi connectivity index (χ0n) is 12.6. The molecule has 2 aromatic rings. The number of ether oxygens (including phenoxy) is 1. The zero-order chi connectivity index (χ0) is 15.7. The summed E-state index contributed by atoms with van der Waals surface area (Å²) in [5.74, 6) is 0. The summed E-state index contributed by atoms with van der Waals surface area (Å²) in [7, 11) is 0. The molecule has 2 aromatic heterocycles. The quantitative estimate of drug-likeness (QED) is 0.880. The summed E-state index contributed by atoms with van der Waals surface area (Å²) in [5.41, 5.74) is -0.720. The van der Waals surface area contributed by atoms with Gasteiger partial charge < -0.3 is 19.2 Å². The van der Waals surface area contributed by atoms with Gasteiger partial charge in [0.05, 0.1) is 5.69 Å². The first-order valence-corrected chi connectivity index (χ1v) is 6.65. The van der Waals surface area contributed by atoms with Crippen molar-refractivity contribution in [3.63, 3.8) is 0 Å². The molecule has 21 heavy (non-hydrogen) atoms. The average Bonchev–Trinajstić information content (AvgIpc) is 2.80. The lowest BCUT2D eigenvalue weighted by molar-refractivity contribution is -0.113. The molecule has 0 spiro atoms. The van der Waals surface area contributed by atoms with Crippen LogP contribution in [-0.2, 0) is 15.1 Å². The molecule has 0 saturated carbocycles. The number of aldehydes is 1. The summed E-state index contributed by atoms with van der Waals surface area (Å²) in [4.78, 5) is 27.7. The van der Waals surface area contributed by atoms with Crippen LogP contribution in [0.1, 0.15) is 33.4 Å². The Bertz CT molecular complexity index is 639. The van der Waals surface area contributed by atoms with E-state index in [1.807, 2.05) is 24.4 Å². The van der Waals surface area contributed by atoms with Gasteiger partial charge in [-0.3, -0.25) is 0 Å². The van der Waals surface area contributed by atoms with E-state index < -0.39 is 17.2 Å². The molecule has 6 nitrogen and oxygen atoms in total. The van der Waals surface area contributed by atoms with E-state index in [4.69, 9.17) is 4.74 Å². The minimum atomic E-state index is -1.24. The number of fused-ring (bicyclic) bond motifs is 1. The maximum absolute atomic E-state index is 11.9. The maximum atomic E-state index is 11.9. The van der Waals surface area contributed by atoms with Crippen LogP contribution in [0.25, 0.3) is 5.65 Å². The number of nitrogens with zero attached hydrogens (tertiary/aromatic N) is 2. The number of alkyl carbamates (subject to hydrolysis) is 1. The molecular formula is C15H19N3O3. The fourth-order valence-corrected chi connectivity index (χ4v) is 1.85. The van der Waals surface area contributed by atoms with Crippen molar-refractivity contribution in [1.82, 2.24) is 14.7 Å². The number of aromatic nitrogens is 2. The third-order valence-corrected chi connectivity index (χ3v) is 2.89. The number of carbonyl (C=O) groups is 2. The molecule has 0 bridgehead atoms. The zero-order valence-corrected chi connectivity index (χ0v) is 12.6. The Balaban J connectivity index is 2.28. The standard InChI is InChI=1S/C15H19N3O3/c1-14(2,3)21-13(20)17-15(4,10-19)11-9-18-8-6-5-7-12(18)16-11/h5-10H,1-4H3,(H,17,20). The lowest BCUT2D eigenvalue weighted by Gasteiger charge is -2.26. The number of hydrogen-bond acceptors (Lipinski definition) is 4. The topological polar surface area (TPSA) is 72.7 Å². The first kappa shape index (κ1) is 15.0. The van der Waals surface area contributed by atoms with E-state index in [0.29, 0.717) is 17.6 Å². The predicted molar refractivity (Wildman–Crippen MR) is 78.0 cm³/mol. The Kier molecular flexibility index (Phi) is 3.72. The van der Waals surface area contributed by atoms with Gasteiger partial charge in [-0.15, -0.1) is 0 Å². The number of imidazole rings is 1. The van der Waals surface area contributed by atoms with Crippen molar-refractivity contribution in [1.29, 1.82) is 0 Å². The van der Waals surface area contributed by atoms with E-state index in [-0.39, 0.29) is 0 Å². The first-order chi connectivity index (χ1) is 9.73. The molecule has 1 atom stereocenters. The second-order valence-corrected chi connectivity index (χ2v) is 6.04. The Hall–Kier alpha value is -2.37. The summed E-state index contributed by atoms with van der Waals surface area (Å²) < 4.78 is 6.97. The van der Waals surface area contributed by atoms with Crippen LogP contribution < -0.4 is 5.32 Å². The van der Waals surface area contributed by atoms with Crippen molar-refractivity contribution in [2.45, 2.75) is 38.8 Å². The van der Waals surface area contributed by atoms with Crippen LogP contribution in [0.3, 0.4) is 0 Å². The van der Waals surface area contributed by atoms with Crippen LogP contribution in [-0.4, -0.2) is 27.4 Å². The third kappa shape index (κ3) is 3.39. The third-order valence-electron chi connectivity index (χ3n) is 2.89. The first-order valence-electron chi connectivity index (χ1n) is 6.65. The van der Waals surface area contributed by atoms with Crippen molar-refractivity contribution >= 4 is 18.0 Å². The highest BCUT2D eigenvalue weighted by atomic mass is 16.6. The van der Waals surface area contributed by atoms with Crippen LogP contribution >= 0.6 is 0 Å². The smallest absolute Gasteiger partial charge is 0.408 e. The monoisotopic (exact) mass is 289 g/mol. The van der Waals surface area contributed by atoms with E-state index in [0.717, 1.165) is 0 Å². The average molecular weight is 289 g/mol. The second-order valence-electron chi connectivity index (χ2n) is 6.04. The van der Waals surface area contributed by atoms with E-state index in [1.54, 1.807) is 38.3 Å². The summed E-state index contributed by atoms with van der Waals surface area (Å²) in [6.07, 6.45) is 3.53. The molecule has 112 valence electrons. The summed E-state index contributed by atoms with van der Waals surface area (Å²) in [5, 5.41) is 2.57. The van der Waals surface area contributed by atoms with Crippen molar-refractivity contribution in [3.05, 3.63) is 36.3 Å². The fourth-order valence-electron chi connectivity index (χ4n) is 1.85. The molecule has 0 radical (unpaired) electrons. The SMILES string of the molecule is CC(C)(C)OC(=O)NC(C)(C=O)c1cn2ccccc2n1. The number of nitrogens with one attached hydrogen (secondary N) is 1. The Labute approximate surface area is 123 Å². The number of pyridine rings is 1. The van der Waals surface area contributed by atoms with Crippen LogP contribution in [0.2, 0.25) is 0 Å². The molecule has 0 aromatic carbocycles. The van der Waals surface area contributed by atoms with Gasteiger partial charge in [0, 0.05) is 12.4 Å². The predicted octanol–water partition coefficient (Wildman–Crippen LogP) is 2.27. The molecule has 1 unspecified atom stereocenters. The summed E-state index contributed by atoms with van der Waals surface area (Å²) in [6, 6.07) is 5.53. The van der Waals surface area contributed by atoms with Gasteiger partial charge in [0.25, 0.3) is 0 Å². The van der Waals surface area contributed by atoms with Crippen molar-refractivity contribution in [2.75, 3.05) is 0 Å². The minimum Gasteiger partial charge on any atom is -0.444 e. The van der Waals surface area contributed by atoms with Gasteiger partial charge in [-0.2, -0.15) is 0 Å². The van der Waals surface area contributed by atoms with E-state index in [2.05, 4.69) is 10.3 Å². The van der Waals surface area contributed by atoms with Gasteiger partial charge in [-0.25, -0.2) is 9.78 Å². The number of amides is 1. The van der Waals surface area contributed by atoms with Gasteiger partial charge in [-0.1, -0.05) is 6.07 Å². The molecule has 2 rings (SSSR count). The van der Waals surface area contributed by atoms with Crippen LogP contribution in [0.15, 0.2) is 30.6 Å². The molecule has 0 saturated heterocycles. The molecule has 2 heterocycles. The molecular weight excluding hydrogens is 270 g/mol. The maximum Gasteiger partial charge on any atom is 0.408 e. The molecule has 1 N–H and O–H groups in total. The van der Waals surface area contributed by atoms with Gasteiger partial charge in [-0.05, 0) is 39.8 Å². The summed E-state index contributed by atoms with van der Waals surface area (Å²) >= 11 is 0. The second kappa shape index (κ2) is 5.20. The summed E-state index contributed by atoms with van der Waals surface area (Å²) in [6.45, 7) is 6.87. The molecule has 0 aliphatic heterocycles. The van der Waals surface area contributed by atoms with Crippen LogP contribution in [0, 0.1) is 0 Å². The van der Waals surface area contributed by atoms with E-state index >= 15 is 0 Å². The number of carbonyl (C=O) groups excluding carboxylic acids is 2. The lowest BCUT2D eigenvalue weighted by Crippen LogP contribution is -2.47. The lowest BCUT2D eigenvalue weighted by atomic mass is 10.0. The van der Waals surface area contributed by atoms with Gasteiger partial charge in [0.15, 0.2) is 6.29 Å². The molecule has 0 aliphatic rings. The molecule has 1 amide bonds. The molecule has 6 heteroatoms. The van der Waals surface area contributed by atoms with E-state index in [1.165, 1.54) is 0 Å². The van der Waals surface area contributed by atoms with Gasteiger partial charge >= 0.3 is 6.09 Å². The molecule has 0 fully saturated rings.